The highest BCUT2D eigenvalue weighted by Gasteiger charge is 2.33. The molecule has 0 aliphatic heterocycles. The molecule has 21 heavy (non-hydrogen) atoms. The van der Waals surface area contributed by atoms with Gasteiger partial charge in [-0.05, 0) is 42.8 Å². The van der Waals surface area contributed by atoms with Crippen LogP contribution in [0.4, 0.5) is 0 Å². The molecule has 2 rings (SSSR count). The standard InChI is InChI=1S/C14H18N4O3/c1-4-8-21-11-7-5-6-10(9-11)12-15-16-17-18(12)14(2,3)13(19)20/h5-7,9H,4,8H2,1-3H3,(H,19,20). The lowest BCUT2D eigenvalue weighted by molar-refractivity contribution is -0.146. The number of ether oxygens (including phenoxy) is 1. The number of hydrogen-bond donors (Lipinski definition) is 1. The average molecular weight is 290 g/mol. The van der Waals surface area contributed by atoms with Gasteiger partial charge in [0.2, 0.25) is 0 Å². The second kappa shape index (κ2) is 5.90. The number of tetrazole rings is 1. The van der Waals surface area contributed by atoms with Gasteiger partial charge in [-0.25, -0.2) is 9.48 Å². The van der Waals surface area contributed by atoms with Crippen molar-refractivity contribution < 1.29 is 14.6 Å². The lowest BCUT2D eigenvalue weighted by atomic mass is 10.1. The molecule has 112 valence electrons. The predicted molar refractivity (Wildman–Crippen MR) is 76.0 cm³/mol. The summed E-state index contributed by atoms with van der Waals surface area (Å²) in [5.41, 5.74) is -0.526. The Balaban J connectivity index is 2.40. The number of benzene rings is 1. The van der Waals surface area contributed by atoms with E-state index in [4.69, 9.17) is 4.74 Å². The van der Waals surface area contributed by atoms with Crippen molar-refractivity contribution >= 4 is 5.97 Å². The number of carbonyl (C=O) groups is 1. The summed E-state index contributed by atoms with van der Waals surface area (Å²) < 4.78 is 6.87. The number of nitrogens with zero attached hydrogens (tertiary/aromatic N) is 4. The third-order valence-corrected chi connectivity index (χ3v) is 3.09. The molecule has 7 nitrogen and oxygen atoms in total. The van der Waals surface area contributed by atoms with E-state index in [0.29, 0.717) is 23.7 Å². The molecule has 0 radical (unpaired) electrons. The molecule has 0 amide bonds. The van der Waals surface area contributed by atoms with Crippen molar-refractivity contribution in [3.63, 3.8) is 0 Å². The van der Waals surface area contributed by atoms with Crippen molar-refractivity contribution in [1.29, 1.82) is 0 Å². The summed E-state index contributed by atoms with van der Waals surface area (Å²) in [5.74, 6) is 0.0933. The van der Waals surface area contributed by atoms with Gasteiger partial charge in [0, 0.05) is 5.56 Å². The molecule has 0 spiro atoms. The summed E-state index contributed by atoms with van der Waals surface area (Å²) in [4.78, 5) is 11.4. The largest absolute Gasteiger partial charge is 0.494 e. The van der Waals surface area contributed by atoms with Crippen LogP contribution in [0.15, 0.2) is 24.3 Å². The maximum absolute atomic E-state index is 11.4. The van der Waals surface area contributed by atoms with Crippen molar-refractivity contribution in [3.05, 3.63) is 24.3 Å². The maximum atomic E-state index is 11.4. The predicted octanol–water partition coefficient (Wildman–Crippen LogP) is 1.95. The van der Waals surface area contributed by atoms with E-state index in [-0.39, 0.29) is 0 Å². The van der Waals surface area contributed by atoms with E-state index < -0.39 is 11.5 Å². The van der Waals surface area contributed by atoms with Crippen LogP contribution in [0.1, 0.15) is 27.2 Å². The first-order chi connectivity index (χ1) is 9.96. The minimum absolute atomic E-state index is 0.393. The minimum Gasteiger partial charge on any atom is -0.494 e. The van der Waals surface area contributed by atoms with Crippen molar-refractivity contribution in [2.45, 2.75) is 32.7 Å². The van der Waals surface area contributed by atoms with E-state index in [2.05, 4.69) is 15.5 Å². The Kier molecular flexibility index (Phi) is 4.21. The summed E-state index contributed by atoms with van der Waals surface area (Å²) in [6, 6.07) is 7.29. The molecule has 1 aromatic carbocycles. The van der Waals surface area contributed by atoms with E-state index >= 15 is 0 Å². The molecular formula is C14H18N4O3. The van der Waals surface area contributed by atoms with Crippen LogP contribution < -0.4 is 4.74 Å². The number of rotatable bonds is 6. The maximum Gasteiger partial charge on any atom is 0.331 e. The van der Waals surface area contributed by atoms with Crippen LogP contribution in [0, 0.1) is 0 Å². The highest BCUT2D eigenvalue weighted by molar-refractivity contribution is 5.76. The Bertz CT molecular complexity index is 637. The normalized spacial score (nSPS) is 11.4. The monoisotopic (exact) mass is 290 g/mol. The van der Waals surface area contributed by atoms with Gasteiger partial charge < -0.3 is 9.84 Å². The zero-order valence-electron chi connectivity index (χ0n) is 12.3. The van der Waals surface area contributed by atoms with E-state index in [9.17, 15) is 9.90 Å². The molecule has 7 heteroatoms. The van der Waals surface area contributed by atoms with Crippen molar-refractivity contribution in [1.82, 2.24) is 20.2 Å². The zero-order valence-corrected chi connectivity index (χ0v) is 12.3. The van der Waals surface area contributed by atoms with E-state index in [1.165, 1.54) is 4.68 Å². The van der Waals surface area contributed by atoms with Crippen LogP contribution in [0.25, 0.3) is 11.4 Å². The number of carboxylic acid groups (broad SMARTS) is 1. The third-order valence-electron chi connectivity index (χ3n) is 3.09. The van der Waals surface area contributed by atoms with Crippen molar-refractivity contribution in [2.75, 3.05) is 6.61 Å². The zero-order chi connectivity index (χ0) is 15.5. The van der Waals surface area contributed by atoms with Crippen LogP contribution >= 0.6 is 0 Å². The summed E-state index contributed by atoms with van der Waals surface area (Å²) in [6.07, 6.45) is 0.911. The second-order valence-corrected chi connectivity index (χ2v) is 5.15. The van der Waals surface area contributed by atoms with Crippen LogP contribution in [0.2, 0.25) is 0 Å². The molecular weight excluding hydrogens is 272 g/mol. The molecule has 1 aromatic heterocycles. The first kappa shape index (κ1) is 15.0. The molecule has 0 aliphatic carbocycles. The van der Waals surface area contributed by atoms with Gasteiger partial charge in [0.15, 0.2) is 11.4 Å². The Labute approximate surface area is 122 Å². The first-order valence-electron chi connectivity index (χ1n) is 6.72. The van der Waals surface area contributed by atoms with Gasteiger partial charge in [-0.15, -0.1) is 5.10 Å². The summed E-state index contributed by atoms with van der Waals surface area (Å²) in [6.45, 7) is 5.74. The highest BCUT2D eigenvalue weighted by atomic mass is 16.5. The van der Waals surface area contributed by atoms with Gasteiger partial charge >= 0.3 is 5.97 Å². The lowest BCUT2D eigenvalue weighted by Gasteiger charge is -2.20. The third kappa shape index (κ3) is 3.01. The minimum atomic E-state index is -1.24. The Morgan fingerprint density at radius 1 is 1.43 bits per heavy atom. The average Bonchev–Trinajstić information content (AvgIpc) is 2.95. The van der Waals surface area contributed by atoms with Crippen LogP contribution in [0.5, 0.6) is 5.75 Å². The number of aromatic nitrogens is 4. The molecule has 0 saturated heterocycles. The smallest absolute Gasteiger partial charge is 0.331 e. The van der Waals surface area contributed by atoms with Crippen LogP contribution in [-0.4, -0.2) is 37.9 Å². The molecule has 0 unspecified atom stereocenters. The fourth-order valence-electron chi connectivity index (χ4n) is 1.78. The molecule has 0 aliphatic rings. The summed E-state index contributed by atoms with van der Waals surface area (Å²) >= 11 is 0. The molecule has 0 bridgehead atoms. The van der Waals surface area contributed by atoms with E-state index in [1.807, 2.05) is 25.1 Å². The number of hydrogen-bond acceptors (Lipinski definition) is 5. The topological polar surface area (TPSA) is 90.1 Å². The van der Waals surface area contributed by atoms with Crippen molar-refractivity contribution in [3.8, 4) is 17.1 Å². The molecule has 0 fully saturated rings. The van der Waals surface area contributed by atoms with E-state index in [0.717, 1.165) is 6.42 Å². The first-order valence-corrected chi connectivity index (χ1v) is 6.72. The Hall–Kier alpha value is -2.44. The highest BCUT2D eigenvalue weighted by Crippen LogP contribution is 2.26. The van der Waals surface area contributed by atoms with Gasteiger partial charge in [0.05, 0.1) is 6.61 Å². The quantitative estimate of drug-likeness (QED) is 0.874. The van der Waals surface area contributed by atoms with E-state index in [1.54, 1.807) is 19.9 Å². The van der Waals surface area contributed by atoms with Gasteiger partial charge in [-0.2, -0.15) is 0 Å². The molecule has 0 saturated carbocycles. The molecule has 0 atom stereocenters. The Morgan fingerprint density at radius 3 is 2.86 bits per heavy atom. The van der Waals surface area contributed by atoms with Gasteiger partial charge in [0.25, 0.3) is 0 Å². The fourth-order valence-corrected chi connectivity index (χ4v) is 1.78. The fraction of sp³-hybridized carbons (Fsp3) is 0.429. The SMILES string of the molecule is CCCOc1cccc(-c2nnnn2C(C)(C)C(=O)O)c1. The number of carboxylic acids is 1. The Morgan fingerprint density at radius 2 is 2.19 bits per heavy atom. The number of aliphatic carboxylic acids is 1. The van der Waals surface area contributed by atoms with Crippen molar-refractivity contribution in [2.24, 2.45) is 0 Å². The summed E-state index contributed by atoms with van der Waals surface area (Å²) in [7, 11) is 0. The van der Waals surface area contributed by atoms with Gasteiger partial charge in [-0.1, -0.05) is 19.1 Å². The van der Waals surface area contributed by atoms with Crippen LogP contribution in [0.3, 0.4) is 0 Å². The molecule has 2 aromatic rings. The van der Waals surface area contributed by atoms with Gasteiger partial charge in [0.1, 0.15) is 5.75 Å². The summed E-state index contributed by atoms with van der Waals surface area (Å²) in [5, 5.41) is 20.7. The second-order valence-electron chi connectivity index (χ2n) is 5.15. The molecule has 1 heterocycles. The van der Waals surface area contributed by atoms with Crippen LogP contribution in [-0.2, 0) is 10.3 Å². The molecule has 1 N–H and O–H groups in total. The van der Waals surface area contributed by atoms with Gasteiger partial charge in [-0.3, -0.25) is 0 Å². The lowest BCUT2D eigenvalue weighted by Crippen LogP contribution is -2.37.